The second-order valence-electron chi connectivity index (χ2n) is 13.7. The van der Waals surface area contributed by atoms with E-state index in [1.807, 2.05) is 26.0 Å². The first-order valence-corrected chi connectivity index (χ1v) is 13.3. The number of hydrogen-bond acceptors (Lipinski definition) is 5. The third-order valence-electron chi connectivity index (χ3n) is 9.92. The SMILES string of the molecule is CC1(C)OCC(OC(N)=O)(C(C)(c2ccc(O)cc2)C23CC4CC(CC(C4)C2)C3)C(C(C)(C)C)O1. The van der Waals surface area contributed by atoms with Crippen LogP contribution in [0.3, 0.4) is 0 Å². The summed E-state index contributed by atoms with van der Waals surface area (Å²) in [6.45, 7) is 12.7. The van der Waals surface area contributed by atoms with E-state index in [2.05, 4.69) is 27.7 Å². The maximum atomic E-state index is 12.7. The van der Waals surface area contributed by atoms with Crippen molar-refractivity contribution in [3.63, 3.8) is 0 Å². The molecule has 5 fully saturated rings. The van der Waals surface area contributed by atoms with Gasteiger partial charge in [0.25, 0.3) is 0 Å². The second-order valence-corrected chi connectivity index (χ2v) is 13.7. The zero-order chi connectivity index (χ0) is 25.4. The van der Waals surface area contributed by atoms with Crippen molar-refractivity contribution in [3.8, 4) is 5.75 Å². The maximum Gasteiger partial charge on any atom is 0.405 e. The Morgan fingerprint density at radius 3 is 1.97 bits per heavy atom. The second kappa shape index (κ2) is 7.85. The summed E-state index contributed by atoms with van der Waals surface area (Å²) < 4.78 is 19.4. The van der Waals surface area contributed by atoms with Gasteiger partial charge >= 0.3 is 6.09 Å². The van der Waals surface area contributed by atoms with Crippen LogP contribution in [0.4, 0.5) is 4.79 Å². The van der Waals surface area contributed by atoms with E-state index in [0.29, 0.717) is 17.8 Å². The van der Waals surface area contributed by atoms with E-state index >= 15 is 0 Å². The molecule has 0 radical (unpaired) electrons. The highest BCUT2D eigenvalue weighted by Gasteiger charge is 2.72. The van der Waals surface area contributed by atoms with Gasteiger partial charge in [-0.1, -0.05) is 39.8 Å². The maximum absolute atomic E-state index is 12.7. The predicted octanol–water partition coefficient (Wildman–Crippen LogP) is 5.90. The smallest absolute Gasteiger partial charge is 0.405 e. The highest BCUT2D eigenvalue weighted by molar-refractivity contribution is 5.66. The number of primary amides is 1. The predicted molar refractivity (Wildman–Crippen MR) is 134 cm³/mol. The largest absolute Gasteiger partial charge is 0.508 e. The minimum atomic E-state index is -1.14. The van der Waals surface area contributed by atoms with Crippen LogP contribution in [0.2, 0.25) is 0 Å². The van der Waals surface area contributed by atoms with Crippen LogP contribution >= 0.6 is 0 Å². The van der Waals surface area contributed by atoms with Crippen molar-refractivity contribution in [3.05, 3.63) is 29.8 Å². The molecule has 1 aromatic carbocycles. The third kappa shape index (κ3) is 3.78. The molecule has 6 heteroatoms. The number of nitrogens with two attached hydrogens (primary N) is 1. The molecule has 0 aromatic heterocycles. The first-order valence-electron chi connectivity index (χ1n) is 13.3. The van der Waals surface area contributed by atoms with Crippen LogP contribution in [0.25, 0.3) is 0 Å². The molecule has 3 atom stereocenters. The molecule has 0 spiro atoms. The minimum Gasteiger partial charge on any atom is -0.508 e. The van der Waals surface area contributed by atoms with Crippen molar-refractivity contribution in [2.24, 2.45) is 34.3 Å². The van der Waals surface area contributed by atoms with Crippen LogP contribution in [0.5, 0.6) is 5.75 Å². The van der Waals surface area contributed by atoms with Gasteiger partial charge in [-0.25, -0.2) is 4.79 Å². The van der Waals surface area contributed by atoms with Crippen molar-refractivity contribution >= 4 is 6.09 Å². The fourth-order valence-electron chi connectivity index (χ4n) is 8.93. The van der Waals surface area contributed by atoms with E-state index < -0.39 is 29.0 Å². The van der Waals surface area contributed by atoms with Crippen molar-refractivity contribution < 1.29 is 24.1 Å². The Morgan fingerprint density at radius 1 is 1.00 bits per heavy atom. The monoisotopic (exact) mass is 485 g/mol. The van der Waals surface area contributed by atoms with Gasteiger partial charge < -0.3 is 25.1 Å². The summed E-state index contributed by atoms with van der Waals surface area (Å²) >= 11 is 0. The van der Waals surface area contributed by atoms with Crippen LogP contribution < -0.4 is 5.73 Å². The van der Waals surface area contributed by atoms with E-state index in [-0.39, 0.29) is 23.2 Å². The lowest BCUT2D eigenvalue weighted by molar-refractivity contribution is -0.372. The normalized spacial score (nSPS) is 39.7. The van der Waals surface area contributed by atoms with Crippen molar-refractivity contribution in [1.29, 1.82) is 0 Å². The summed E-state index contributed by atoms with van der Waals surface area (Å²) in [6.07, 6.45) is 5.94. The van der Waals surface area contributed by atoms with E-state index in [9.17, 15) is 9.90 Å². The fraction of sp³-hybridized carbons (Fsp3) is 0.759. The molecule has 6 nitrogen and oxygen atoms in total. The van der Waals surface area contributed by atoms with E-state index in [1.165, 1.54) is 19.3 Å². The molecule has 4 bridgehead atoms. The molecule has 35 heavy (non-hydrogen) atoms. The number of phenolic OH excluding ortho intramolecular Hbond substituents is 1. The Balaban J connectivity index is 1.78. The number of aromatic hydroxyl groups is 1. The molecule has 1 aliphatic heterocycles. The van der Waals surface area contributed by atoms with Gasteiger partial charge in [0.1, 0.15) is 11.9 Å². The van der Waals surface area contributed by atoms with Gasteiger partial charge in [-0.05, 0) is 98.7 Å². The lowest BCUT2D eigenvalue weighted by Crippen LogP contribution is -2.76. The standard InChI is InChI=1S/C29H43NO5/c1-25(2,3)23-29(35-24(30)32,17-33-26(4,5)34-23)27(6,21-7-9-22(31)10-8-21)28-14-18-11-19(15-28)13-20(12-18)16-28/h7-10,18-20,23,31H,11-17H2,1-6H3,(H2,30,32). The Kier molecular flexibility index (Phi) is 5.58. The number of carbonyl (C=O) groups is 1. The first kappa shape index (κ1) is 24.9. The van der Waals surface area contributed by atoms with Crippen molar-refractivity contribution in [2.45, 2.75) is 103 Å². The average molecular weight is 486 g/mol. The van der Waals surface area contributed by atoms with E-state index in [0.717, 1.165) is 24.8 Å². The number of hydrogen-bond donors (Lipinski definition) is 2. The molecule has 6 rings (SSSR count). The van der Waals surface area contributed by atoms with Crippen molar-refractivity contribution in [1.82, 2.24) is 0 Å². The summed E-state index contributed by atoms with van der Waals surface area (Å²) in [4.78, 5) is 12.7. The fourth-order valence-corrected chi connectivity index (χ4v) is 8.93. The molecule has 194 valence electrons. The minimum absolute atomic E-state index is 0.0914. The van der Waals surface area contributed by atoms with E-state index in [4.69, 9.17) is 19.9 Å². The molecule has 4 aliphatic carbocycles. The lowest BCUT2D eigenvalue weighted by atomic mass is 9.38. The summed E-state index contributed by atoms with van der Waals surface area (Å²) in [5, 5.41) is 10.2. The summed E-state index contributed by atoms with van der Waals surface area (Å²) in [5.41, 5.74) is 4.66. The molecule has 1 saturated heterocycles. The Hall–Kier alpha value is -1.79. The van der Waals surface area contributed by atoms with Crippen LogP contribution in [0.15, 0.2) is 24.3 Å². The third-order valence-corrected chi connectivity index (χ3v) is 9.92. The van der Waals surface area contributed by atoms with Gasteiger partial charge in [0.05, 0.1) is 6.61 Å². The zero-order valence-corrected chi connectivity index (χ0v) is 22.2. The highest BCUT2D eigenvalue weighted by Crippen LogP contribution is 2.70. The van der Waals surface area contributed by atoms with Gasteiger partial charge in [0.15, 0.2) is 11.4 Å². The summed E-state index contributed by atoms with van der Waals surface area (Å²) in [5.74, 6) is 1.48. The molecular weight excluding hydrogens is 442 g/mol. The molecule has 3 unspecified atom stereocenters. The summed E-state index contributed by atoms with van der Waals surface area (Å²) in [6, 6.07) is 7.48. The first-order chi connectivity index (χ1) is 16.2. The molecule has 1 aromatic rings. The molecule has 1 amide bonds. The average Bonchev–Trinajstić information content (AvgIpc) is 2.73. The van der Waals surface area contributed by atoms with Gasteiger partial charge in [-0.15, -0.1) is 0 Å². The van der Waals surface area contributed by atoms with Crippen LogP contribution in [0, 0.1) is 28.6 Å². The quantitative estimate of drug-likeness (QED) is 0.554. The molecule has 4 saturated carbocycles. The molecule has 3 N–H and O–H groups in total. The Bertz CT molecular complexity index is 944. The van der Waals surface area contributed by atoms with Crippen LogP contribution in [-0.4, -0.2) is 35.3 Å². The molecule has 1 heterocycles. The van der Waals surface area contributed by atoms with Gasteiger partial charge in [-0.3, -0.25) is 0 Å². The van der Waals surface area contributed by atoms with Crippen LogP contribution in [-0.2, 0) is 19.6 Å². The molecule has 5 aliphatic rings. The number of carbonyl (C=O) groups excluding carboxylic acids is 1. The van der Waals surface area contributed by atoms with E-state index in [1.54, 1.807) is 12.1 Å². The lowest BCUT2D eigenvalue weighted by Gasteiger charge is -2.69. The summed E-state index contributed by atoms with van der Waals surface area (Å²) in [7, 11) is 0. The van der Waals surface area contributed by atoms with Crippen molar-refractivity contribution in [2.75, 3.05) is 6.61 Å². The number of rotatable bonds is 4. The zero-order valence-electron chi connectivity index (χ0n) is 22.2. The Labute approximate surface area is 209 Å². The van der Waals surface area contributed by atoms with Gasteiger partial charge in [-0.2, -0.15) is 0 Å². The number of ether oxygens (including phenoxy) is 3. The number of phenols is 1. The Morgan fingerprint density at radius 2 is 1.51 bits per heavy atom. The highest BCUT2D eigenvalue weighted by atomic mass is 16.7. The topological polar surface area (TPSA) is 91.0 Å². The van der Waals surface area contributed by atoms with Crippen LogP contribution in [0.1, 0.15) is 85.6 Å². The van der Waals surface area contributed by atoms with Gasteiger partial charge in [0, 0.05) is 5.41 Å². The van der Waals surface area contributed by atoms with Gasteiger partial charge in [0.2, 0.25) is 0 Å². The number of amides is 1. The number of benzene rings is 1. The molecular formula is C29H43NO5.